The van der Waals surface area contributed by atoms with Gasteiger partial charge in [0.1, 0.15) is 0 Å². The summed E-state index contributed by atoms with van der Waals surface area (Å²) in [6, 6.07) is 0. The maximum Gasteiger partial charge on any atom is 0.218 e. The van der Waals surface area contributed by atoms with E-state index in [1.54, 1.807) is 0 Å². The van der Waals surface area contributed by atoms with Gasteiger partial charge in [0.15, 0.2) is 0 Å². The Labute approximate surface area is 79.2 Å². The lowest BCUT2D eigenvalue weighted by Gasteiger charge is -2.18. The van der Waals surface area contributed by atoms with Crippen LogP contribution in [0.4, 0.5) is 0 Å². The number of aromatic nitrogens is 2. The summed E-state index contributed by atoms with van der Waals surface area (Å²) < 4.78 is 1.94. The summed E-state index contributed by atoms with van der Waals surface area (Å²) in [5.74, 6) is 0. The van der Waals surface area contributed by atoms with Crippen LogP contribution in [0, 0.1) is 6.57 Å². The van der Waals surface area contributed by atoms with E-state index >= 15 is 0 Å². The molecule has 0 saturated carbocycles. The van der Waals surface area contributed by atoms with Crippen molar-refractivity contribution in [3.63, 3.8) is 0 Å². The van der Waals surface area contributed by atoms with Gasteiger partial charge in [-0.25, -0.2) is 6.57 Å². The molecule has 1 heterocycles. The van der Waals surface area contributed by atoms with Crippen LogP contribution in [0.15, 0.2) is 12.4 Å². The van der Waals surface area contributed by atoms with Crippen LogP contribution in [0.25, 0.3) is 4.85 Å². The van der Waals surface area contributed by atoms with Gasteiger partial charge in [0, 0.05) is 12.6 Å². The first-order valence-corrected chi connectivity index (χ1v) is 4.41. The van der Waals surface area contributed by atoms with Gasteiger partial charge in [0.2, 0.25) is 6.54 Å². The van der Waals surface area contributed by atoms with Crippen molar-refractivity contribution in [3.8, 4) is 0 Å². The maximum atomic E-state index is 6.68. The first-order chi connectivity index (χ1) is 6.04. The van der Waals surface area contributed by atoms with E-state index in [1.807, 2.05) is 17.1 Å². The van der Waals surface area contributed by atoms with Crippen LogP contribution in [0.5, 0.6) is 0 Å². The normalized spacial score (nSPS) is 11.2. The summed E-state index contributed by atoms with van der Waals surface area (Å²) in [5.41, 5.74) is 1.18. The minimum absolute atomic E-state index is 0.0381. The Bertz CT molecular complexity index is 312. The molecule has 1 rings (SSSR count). The molecule has 0 bridgehead atoms. The number of hydrogen-bond donors (Lipinski definition) is 0. The maximum absolute atomic E-state index is 6.68. The molecule has 0 N–H and O–H groups in total. The standard InChI is InChI=1S/C10H15N3/c1-10(2,3)13-8-9(7-12-13)5-6-11-4/h7-8H,5-6H2,1-3H3. The van der Waals surface area contributed by atoms with E-state index in [1.165, 1.54) is 0 Å². The summed E-state index contributed by atoms with van der Waals surface area (Å²) in [6.45, 7) is 13.6. The number of nitrogens with zero attached hydrogens (tertiary/aromatic N) is 3. The average Bonchev–Trinajstić information content (AvgIpc) is 2.47. The first kappa shape index (κ1) is 9.79. The molecule has 0 aliphatic heterocycles. The zero-order valence-electron chi connectivity index (χ0n) is 8.41. The Hall–Kier alpha value is -1.30. The monoisotopic (exact) mass is 177 g/mol. The summed E-state index contributed by atoms with van der Waals surface area (Å²) in [4.78, 5) is 3.32. The molecule has 0 aromatic carbocycles. The molecule has 0 amide bonds. The minimum Gasteiger partial charge on any atom is -0.317 e. The van der Waals surface area contributed by atoms with Gasteiger partial charge in [-0.1, -0.05) is 0 Å². The van der Waals surface area contributed by atoms with E-state index in [9.17, 15) is 0 Å². The highest BCUT2D eigenvalue weighted by atomic mass is 15.3. The SMILES string of the molecule is [C-]#[N+]CCc1cnn(C(C)(C)C)c1. The van der Waals surface area contributed by atoms with Crippen molar-refractivity contribution < 1.29 is 0 Å². The van der Waals surface area contributed by atoms with Gasteiger partial charge in [0.25, 0.3) is 0 Å². The molecule has 0 aliphatic carbocycles. The Morgan fingerprint density at radius 2 is 2.23 bits per heavy atom. The van der Waals surface area contributed by atoms with Crippen molar-refractivity contribution >= 4 is 0 Å². The lowest BCUT2D eigenvalue weighted by atomic mass is 10.1. The predicted octanol–water partition coefficient (Wildman–Crippen LogP) is 2.10. The van der Waals surface area contributed by atoms with E-state index in [2.05, 4.69) is 30.7 Å². The molecule has 0 aliphatic rings. The summed E-state index contributed by atoms with van der Waals surface area (Å²) in [5, 5.41) is 4.25. The molecule has 0 spiro atoms. The lowest BCUT2D eigenvalue weighted by Crippen LogP contribution is -2.21. The molecule has 13 heavy (non-hydrogen) atoms. The molecule has 0 radical (unpaired) electrons. The van der Waals surface area contributed by atoms with Crippen molar-refractivity contribution in [2.24, 2.45) is 0 Å². The molecule has 0 atom stereocenters. The molecule has 1 aromatic rings. The van der Waals surface area contributed by atoms with Gasteiger partial charge < -0.3 is 4.85 Å². The smallest absolute Gasteiger partial charge is 0.218 e. The van der Waals surface area contributed by atoms with Crippen molar-refractivity contribution in [2.75, 3.05) is 6.54 Å². The summed E-state index contributed by atoms with van der Waals surface area (Å²) in [6.07, 6.45) is 4.67. The molecular formula is C10H15N3. The number of rotatable bonds is 2. The number of hydrogen-bond acceptors (Lipinski definition) is 1. The van der Waals surface area contributed by atoms with Crippen LogP contribution in [-0.4, -0.2) is 16.3 Å². The molecular weight excluding hydrogens is 162 g/mol. The van der Waals surface area contributed by atoms with Gasteiger partial charge >= 0.3 is 0 Å². The second-order valence-electron chi connectivity index (χ2n) is 4.10. The lowest BCUT2D eigenvalue weighted by molar-refractivity contribution is 0.355. The largest absolute Gasteiger partial charge is 0.317 e. The molecule has 3 heteroatoms. The van der Waals surface area contributed by atoms with Gasteiger partial charge in [0.05, 0.1) is 11.7 Å². The zero-order valence-corrected chi connectivity index (χ0v) is 8.41. The van der Waals surface area contributed by atoms with Crippen LogP contribution in [0.3, 0.4) is 0 Å². The molecule has 0 unspecified atom stereocenters. The van der Waals surface area contributed by atoms with Crippen LogP contribution < -0.4 is 0 Å². The van der Waals surface area contributed by atoms with Crippen molar-refractivity contribution in [2.45, 2.75) is 32.7 Å². The van der Waals surface area contributed by atoms with Gasteiger partial charge in [-0.05, 0) is 26.3 Å². The van der Waals surface area contributed by atoms with Gasteiger partial charge in [-0.2, -0.15) is 5.10 Å². The third-order valence-electron chi connectivity index (χ3n) is 1.84. The highest BCUT2D eigenvalue weighted by molar-refractivity contribution is 5.06. The minimum atomic E-state index is 0.0381. The highest BCUT2D eigenvalue weighted by Gasteiger charge is 2.13. The van der Waals surface area contributed by atoms with E-state index in [0.29, 0.717) is 6.54 Å². The van der Waals surface area contributed by atoms with Crippen LogP contribution in [-0.2, 0) is 12.0 Å². The third kappa shape index (κ3) is 2.59. The van der Waals surface area contributed by atoms with E-state index in [-0.39, 0.29) is 5.54 Å². The second-order valence-corrected chi connectivity index (χ2v) is 4.10. The molecule has 0 saturated heterocycles. The zero-order chi connectivity index (χ0) is 9.90. The average molecular weight is 177 g/mol. The quantitative estimate of drug-likeness (QED) is 0.634. The Morgan fingerprint density at radius 3 is 2.69 bits per heavy atom. The fourth-order valence-corrected chi connectivity index (χ4v) is 1.04. The van der Waals surface area contributed by atoms with E-state index in [4.69, 9.17) is 6.57 Å². The Balaban J connectivity index is 2.71. The molecule has 0 fully saturated rings. The van der Waals surface area contributed by atoms with Crippen molar-refractivity contribution in [1.82, 2.24) is 9.78 Å². The van der Waals surface area contributed by atoms with Gasteiger partial charge in [-0.3, -0.25) is 4.68 Å². The molecule has 3 nitrogen and oxygen atoms in total. The fourth-order valence-electron chi connectivity index (χ4n) is 1.04. The Morgan fingerprint density at radius 1 is 1.54 bits per heavy atom. The summed E-state index contributed by atoms with van der Waals surface area (Å²) in [7, 11) is 0. The Kier molecular flexibility index (Phi) is 2.72. The second kappa shape index (κ2) is 3.61. The topological polar surface area (TPSA) is 22.2 Å². The van der Waals surface area contributed by atoms with E-state index < -0.39 is 0 Å². The third-order valence-corrected chi connectivity index (χ3v) is 1.84. The first-order valence-electron chi connectivity index (χ1n) is 4.41. The van der Waals surface area contributed by atoms with Crippen LogP contribution in [0.1, 0.15) is 26.3 Å². The highest BCUT2D eigenvalue weighted by Crippen LogP contribution is 2.13. The van der Waals surface area contributed by atoms with Crippen LogP contribution in [0.2, 0.25) is 0 Å². The van der Waals surface area contributed by atoms with Gasteiger partial charge in [-0.15, -0.1) is 0 Å². The van der Waals surface area contributed by atoms with Crippen LogP contribution >= 0.6 is 0 Å². The fraction of sp³-hybridized carbons (Fsp3) is 0.600. The van der Waals surface area contributed by atoms with E-state index in [0.717, 1.165) is 12.0 Å². The molecule has 1 aromatic heterocycles. The predicted molar refractivity (Wildman–Crippen MR) is 52.4 cm³/mol. The molecule has 70 valence electrons. The summed E-state index contributed by atoms with van der Waals surface area (Å²) >= 11 is 0. The van der Waals surface area contributed by atoms with Crippen molar-refractivity contribution in [1.29, 1.82) is 0 Å². The van der Waals surface area contributed by atoms with Crippen molar-refractivity contribution in [3.05, 3.63) is 29.4 Å².